The number of rotatable bonds is 4. The van der Waals surface area contributed by atoms with Gasteiger partial charge in [-0.2, -0.15) is 0 Å². The minimum Gasteiger partial charge on any atom is -0.429 e. The Morgan fingerprint density at radius 1 is 0.895 bits per heavy atom. The van der Waals surface area contributed by atoms with E-state index in [4.69, 9.17) is 0 Å². The molecule has 0 fully saturated rings. The maximum atomic E-state index is 12.0. The Balaban J connectivity index is 0.000000861. The van der Waals surface area contributed by atoms with Crippen LogP contribution in [0.4, 0.5) is 0 Å². The van der Waals surface area contributed by atoms with E-state index in [-0.39, 0.29) is 5.78 Å². The Hall–Kier alpha value is -2.68. The second kappa shape index (κ2) is 7.61. The molecule has 0 saturated carbocycles. The highest BCUT2D eigenvalue weighted by Crippen LogP contribution is 2.14. The number of benzene rings is 2. The highest BCUT2D eigenvalue weighted by molar-refractivity contribution is 6.08. The summed E-state index contributed by atoms with van der Waals surface area (Å²) < 4.78 is 4.65. The van der Waals surface area contributed by atoms with Crippen LogP contribution in [-0.4, -0.2) is 12.3 Å². The maximum absolute atomic E-state index is 12.0. The first-order chi connectivity index (χ1) is 9.31. The van der Waals surface area contributed by atoms with Gasteiger partial charge < -0.3 is 4.74 Å². The van der Waals surface area contributed by atoms with E-state index in [2.05, 4.69) is 17.9 Å². The van der Waals surface area contributed by atoms with E-state index in [1.54, 1.807) is 36.4 Å². The summed E-state index contributed by atoms with van der Waals surface area (Å²) in [4.78, 5) is 22.1. The largest absolute Gasteiger partial charge is 0.429 e. The fourth-order valence-electron chi connectivity index (χ4n) is 1.50. The van der Waals surface area contributed by atoms with Gasteiger partial charge in [0.1, 0.15) is 5.75 Å². The molecule has 0 aliphatic carbocycles. The maximum Gasteiger partial charge on any atom is 0.298 e. The Morgan fingerprint density at radius 2 is 1.42 bits per heavy atom. The first kappa shape index (κ1) is 14.4. The Labute approximate surface area is 112 Å². The van der Waals surface area contributed by atoms with Crippen LogP contribution in [0, 0.1) is 0 Å². The Kier molecular flexibility index (Phi) is 5.76. The van der Waals surface area contributed by atoms with E-state index in [1.807, 2.05) is 18.2 Å². The molecule has 19 heavy (non-hydrogen) atoms. The predicted molar refractivity (Wildman–Crippen MR) is 74.3 cm³/mol. The SMILES string of the molecule is C=C.O=COc1ccc(C(=O)c2ccccc2)cc1. The molecule has 0 aromatic heterocycles. The smallest absolute Gasteiger partial charge is 0.298 e. The van der Waals surface area contributed by atoms with E-state index >= 15 is 0 Å². The van der Waals surface area contributed by atoms with Crippen LogP contribution in [0.1, 0.15) is 15.9 Å². The fraction of sp³-hybridized carbons (Fsp3) is 0. The van der Waals surface area contributed by atoms with Crippen LogP contribution in [-0.2, 0) is 4.79 Å². The third-order valence-electron chi connectivity index (χ3n) is 2.34. The molecule has 0 aliphatic heterocycles. The normalized spacial score (nSPS) is 8.84. The monoisotopic (exact) mass is 254 g/mol. The molecule has 0 saturated heterocycles. The average molecular weight is 254 g/mol. The van der Waals surface area contributed by atoms with Gasteiger partial charge in [0.25, 0.3) is 6.47 Å². The molecule has 0 spiro atoms. The lowest BCUT2D eigenvalue weighted by Gasteiger charge is -2.02. The highest BCUT2D eigenvalue weighted by Gasteiger charge is 2.07. The zero-order chi connectivity index (χ0) is 14.1. The van der Waals surface area contributed by atoms with Crippen molar-refractivity contribution in [2.75, 3.05) is 0 Å². The molecule has 2 aromatic carbocycles. The minimum absolute atomic E-state index is 0.0525. The summed E-state index contributed by atoms with van der Waals surface area (Å²) in [6, 6.07) is 15.5. The summed E-state index contributed by atoms with van der Waals surface area (Å²) >= 11 is 0. The lowest BCUT2D eigenvalue weighted by Crippen LogP contribution is -2.00. The molecule has 0 radical (unpaired) electrons. The summed E-state index contributed by atoms with van der Waals surface area (Å²) in [7, 11) is 0. The standard InChI is InChI=1S/C14H10O3.C2H4/c15-10-17-13-8-6-12(7-9-13)14(16)11-4-2-1-3-5-11;1-2/h1-10H;1-2H2. The van der Waals surface area contributed by atoms with Gasteiger partial charge in [0.05, 0.1) is 0 Å². The van der Waals surface area contributed by atoms with Crippen molar-refractivity contribution in [1.82, 2.24) is 0 Å². The summed E-state index contributed by atoms with van der Waals surface area (Å²) in [5, 5.41) is 0. The molecule has 2 rings (SSSR count). The molecule has 0 unspecified atom stereocenters. The van der Waals surface area contributed by atoms with Gasteiger partial charge in [-0.3, -0.25) is 9.59 Å². The Morgan fingerprint density at radius 3 is 1.95 bits per heavy atom. The quantitative estimate of drug-likeness (QED) is 0.478. The van der Waals surface area contributed by atoms with E-state index in [1.165, 1.54) is 0 Å². The molecule has 3 nitrogen and oxygen atoms in total. The van der Waals surface area contributed by atoms with Gasteiger partial charge in [-0.1, -0.05) is 30.3 Å². The van der Waals surface area contributed by atoms with Crippen LogP contribution in [0.15, 0.2) is 67.8 Å². The second-order valence-electron chi connectivity index (χ2n) is 3.43. The third-order valence-corrected chi connectivity index (χ3v) is 2.34. The second-order valence-corrected chi connectivity index (χ2v) is 3.43. The molecule has 2 aromatic rings. The van der Waals surface area contributed by atoms with Gasteiger partial charge in [0, 0.05) is 11.1 Å². The van der Waals surface area contributed by atoms with E-state index < -0.39 is 0 Å². The molecular formula is C16H14O3. The molecule has 0 aliphatic rings. The molecule has 96 valence electrons. The zero-order valence-electron chi connectivity index (χ0n) is 10.4. The molecule has 3 heteroatoms. The summed E-state index contributed by atoms with van der Waals surface area (Å²) in [5.41, 5.74) is 1.20. The van der Waals surface area contributed by atoms with Gasteiger partial charge in [0.2, 0.25) is 0 Å². The summed E-state index contributed by atoms with van der Waals surface area (Å²) in [5.74, 6) is 0.368. The average Bonchev–Trinajstić information content (AvgIpc) is 2.51. The molecular weight excluding hydrogens is 240 g/mol. The van der Waals surface area contributed by atoms with Crippen LogP contribution in [0.3, 0.4) is 0 Å². The number of carbonyl (C=O) groups is 2. The lowest BCUT2D eigenvalue weighted by atomic mass is 10.0. The number of hydrogen-bond donors (Lipinski definition) is 0. The van der Waals surface area contributed by atoms with Crippen molar-refractivity contribution in [2.45, 2.75) is 0 Å². The van der Waals surface area contributed by atoms with Gasteiger partial charge in [-0.25, -0.2) is 0 Å². The number of hydrogen-bond acceptors (Lipinski definition) is 3. The first-order valence-corrected chi connectivity index (χ1v) is 5.61. The van der Waals surface area contributed by atoms with Gasteiger partial charge in [0.15, 0.2) is 5.78 Å². The van der Waals surface area contributed by atoms with Crippen molar-refractivity contribution in [3.63, 3.8) is 0 Å². The van der Waals surface area contributed by atoms with E-state index in [0.29, 0.717) is 23.3 Å². The summed E-state index contributed by atoms with van der Waals surface area (Å²) in [6.07, 6.45) is 0. The van der Waals surface area contributed by atoms with Crippen LogP contribution in [0.5, 0.6) is 5.75 Å². The van der Waals surface area contributed by atoms with Crippen LogP contribution in [0.2, 0.25) is 0 Å². The van der Waals surface area contributed by atoms with Crippen molar-refractivity contribution in [3.05, 3.63) is 78.9 Å². The molecule has 0 atom stereocenters. The minimum atomic E-state index is -0.0525. The highest BCUT2D eigenvalue weighted by atomic mass is 16.5. The van der Waals surface area contributed by atoms with Crippen LogP contribution < -0.4 is 4.74 Å². The van der Waals surface area contributed by atoms with E-state index in [9.17, 15) is 9.59 Å². The summed E-state index contributed by atoms with van der Waals surface area (Å²) in [6.45, 7) is 6.36. The van der Waals surface area contributed by atoms with Crippen LogP contribution in [0.25, 0.3) is 0 Å². The zero-order valence-corrected chi connectivity index (χ0v) is 10.4. The van der Waals surface area contributed by atoms with Gasteiger partial charge in [-0.15, -0.1) is 13.2 Å². The molecule has 0 amide bonds. The van der Waals surface area contributed by atoms with Crippen molar-refractivity contribution in [3.8, 4) is 5.75 Å². The van der Waals surface area contributed by atoms with Crippen molar-refractivity contribution in [2.24, 2.45) is 0 Å². The molecule has 0 heterocycles. The number of ether oxygens (including phenoxy) is 1. The number of ketones is 1. The van der Waals surface area contributed by atoms with Crippen molar-refractivity contribution in [1.29, 1.82) is 0 Å². The van der Waals surface area contributed by atoms with Gasteiger partial charge in [-0.05, 0) is 24.3 Å². The third kappa shape index (κ3) is 3.92. The Bertz CT molecular complexity index is 530. The van der Waals surface area contributed by atoms with Crippen molar-refractivity contribution >= 4 is 12.3 Å². The number of carbonyl (C=O) groups excluding carboxylic acids is 2. The van der Waals surface area contributed by atoms with E-state index in [0.717, 1.165) is 0 Å². The van der Waals surface area contributed by atoms with Gasteiger partial charge >= 0.3 is 0 Å². The fourth-order valence-corrected chi connectivity index (χ4v) is 1.50. The predicted octanol–water partition coefficient (Wildman–Crippen LogP) is 3.26. The lowest BCUT2D eigenvalue weighted by molar-refractivity contribution is -0.120. The molecule has 0 N–H and O–H groups in total. The molecule has 0 bridgehead atoms. The topological polar surface area (TPSA) is 43.4 Å². The van der Waals surface area contributed by atoms with Crippen molar-refractivity contribution < 1.29 is 14.3 Å². The van der Waals surface area contributed by atoms with Crippen LogP contribution >= 0.6 is 0 Å². The first-order valence-electron chi connectivity index (χ1n) is 5.61.